The Morgan fingerprint density at radius 1 is 1.40 bits per heavy atom. The van der Waals surface area contributed by atoms with Crippen LogP contribution < -0.4 is 5.73 Å². The van der Waals surface area contributed by atoms with Crippen LogP contribution in [0.4, 0.5) is 5.69 Å². The summed E-state index contributed by atoms with van der Waals surface area (Å²) in [6.07, 6.45) is 1.99. The molecule has 0 aliphatic heterocycles. The summed E-state index contributed by atoms with van der Waals surface area (Å²) in [5.41, 5.74) is 7.50. The third-order valence-corrected chi connectivity index (χ3v) is 2.41. The summed E-state index contributed by atoms with van der Waals surface area (Å²) in [7, 11) is 0. The zero-order valence-corrected chi connectivity index (χ0v) is 8.18. The van der Waals surface area contributed by atoms with Crippen molar-refractivity contribution in [2.24, 2.45) is 0 Å². The zero-order valence-electron chi connectivity index (χ0n) is 8.18. The molecular formula is C11H12N2O2. The molecule has 1 heterocycles. The molecule has 0 spiro atoms. The highest BCUT2D eigenvalue weighted by molar-refractivity contribution is 5.91. The first-order valence-corrected chi connectivity index (χ1v) is 4.73. The van der Waals surface area contributed by atoms with Crippen LogP contribution >= 0.6 is 0 Å². The van der Waals surface area contributed by atoms with Crippen molar-refractivity contribution in [3.8, 4) is 0 Å². The van der Waals surface area contributed by atoms with E-state index in [4.69, 9.17) is 10.8 Å². The fourth-order valence-electron chi connectivity index (χ4n) is 1.66. The Kier molecular flexibility index (Phi) is 2.33. The van der Waals surface area contributed by atoms with E-state index in [0.717, 1.165) is 16.6 Å². The summed E-state index contributed by atoms with van der Waals surface area (Å²) in [5, 5.41) is 9.58. The van der Waals surface area contributed by atoms with Gasteiger partial charge in [0.25, 0.3) is 0 Å². The first kappa shape index (κ1) is 9.58. The molecule has 15 heavy (non-hydrogen) atoms. The van der Waals surface area contributed by atoms with Crippen molar-refractivity contribution >= 4 is 22.6 Å². The van der Waals surface area contributed by atoms with E-state index in [2.05, 4.69) is 0 Å². The number of nitrogens with zero attached hydrogens (tertiary/aromatic N) is 1. The molecule has 4 heteroatoms. The highest BCUT2D eigenvalue weighted by atomic mass is 16.4. The Morgan fingerprint density at radius 3 is 2.93 bits per heavy atom. The molecular weight excluding hydrogens is 192 g/mol. The first-order chi connectivity index (χ1) is 7.18. The molecule has 3 N–H and O–H groups in total. The number of carbonyl (C=O) groups is 1. The molecule has 0 atom stereocenters. The molecule has 1 aromatic carbocycles. The highest BCUT2D eigenvalue weighted by Gasteiger charge is 2.04. The van der Waals surface area contributed by atoms with Gasteiger partial charge in [0, 0.05) is 23.8 Å². The molecule has 0 amide bonds. The molecule has 0 aliphatic rings. The average molecular weight is 204 g/mol. The molecule has 0 fully saturated rings. The molecule has 2 rings (SSSR count). The number of hydrogen-bond acceptors (Lipinski definition) is 2. The second-order valence-corrected chi connectivity index (χ2v) is 3.43. The molecule has 0 bridgehead atoms. The summed E-state index contributed by atoms with van der Waals surface area (Å²) < 4.78 is 1.90. The number of fused-ring (bicyclic) bond motifs is 1. The van der Waals surface area contributed by atoms with Crippen LogP contribution in [0, 0.1) is 0 Å². The van der Waals surface area contributed by atoms with Gasteiger partial charge < -0.3 is 15.4 Å². The second-order valence-electron chi connectivity index (χ2n) is 3.43. The number of aromatic nitrogens is 1. The fourth-order valence-corrected chi connectivity index (χ4v) is 1.66. The lowest BCUT2D eigenvalue weighted by molar-refractivity contribution is -0.137. The monoisotopic (exact) mass is 204 g/mol. The SMILES string of the molecule is Nc1cccc2c1ccn2CCC(=O)O. The number of nitrogens with two attached hydrogens (primary N) is 1. The van der Waals surface area contributed by atoms with Crippen LogP contribution in [0.15, 0.2) is 30.5 Å². The smallest absolute Gasteiger partial charge is 0.305 e. The van der Waals surface area contributed by atoms with Gasteiger partial charge in [0.05, 0.1) is 11.9 Å². The van der Waals surface area contributed by atoms with Crippen LogP contribution in [0.5, 0.6) is 0 Å². The van der Waals surface area contributed by atoms with Crippen LogP contribution in [0.3, 0.4) is 0 Å². The molecule has 0 saturated carbocycles. The van der Waals surface area contributed by atoms with Crippen LogP contribution in [-0.2, 0) is 11.3 Å². The van der Waals surface area contributed by atoms with E-state index in [0.29, 0.717) is 6.54 Å². The number of aliphatic carboxylic acids is 1. The Labute approximate surface area is 86.9 Å². The molecule has 2 aromatic rings. The summed E-state index contributed by atoms with van der Waals surface area (Å²) >= 11 is 0. The van der Waals surface area contributed by atoms with Crippen molar-refractivity contribution in [3.63, 3.8) is 0 Å². The van der Waals surface area contributed by atoms with E-state index in [-0.39, 0.29) is 6.42 Å². The standard InChI is InChI=1S/C11H12N2O2/c12-9-2-1-3-10-8(9)4-6-13(10)7-5-11(14)15/h1-4,6H,5,7,12H2,(H,14,15). The first-order valence-electron chi connectivity index (χ1n) is 4.73. The average Bonchev–Trinajstić information content (AvgIpc) is 2.59. The number of rotatable bonds is 3. The largest absolute Gasteiger partial charge is 0.481 e. The van der Waals surface area contributed by atoms with E-state index in [1.54, 1.807) is 0 Å². The van der Waals surface area contributed by atoms with E-state index in [1.165, 1.54) is 0 Å². The van der Waals surface area contributed by atoms with Crippen molar-refractivity contribution in [3.05, 3.63) is 30.5 Å². The van der Waals surface area contributed by atoms with Gasteiger partial charge in [0.2, 0.25) is 0 Å². The Balaban J connectivity index is 2.37. The highest BCUT2D eigenvalue weighted by Crippen LogP contribution is 2.21. The lowest BCUT2D eigenvalue weighted by Crippen LogP contribution is -2.03. The maximum atomic E-state index is 10.5. The van der Waals surface area contributed by atoms with Crippen LogP contribution in [0.25, 0.3) is 10.9 Å². The molecule has 0 radical (unpaired) electrons. The number of anilines is 1. The number of nitrogen functional groups attached to an aromatic ring is 1. The van der Waals surface area contributed by atoms with Gasteiger partial charge in [-0.2, -0.15) is 0 Å². The minimum absolute atomic E-state index is 0.124. The molecule has 4 nitrogen and oxygen atoms in total. The summed E-state index contributed by atoms with van der Waals surface area (Å²) in [6, 6.07) is 7.55. The topological polar surface area (TPSA) is 68.2 Å². The minimum Gasteiger partial charge on any atom is -0.481 e. The van der Waals surface area contributed by atoms with Crippen molar-refractivity contribution in [1.29, 1.82) is 0 Å². The van der Waals surface area contributed by atoms with Gasteiger partial charge in [-0.1, -0.05) is 6.07 Å². The molecule has 0 aliphatic carbocycles. The Hall–Kier alpha value is -1.97. The summed E-state index contributed by atoms with van der Waals surface area (Å²) in [4.78, 5) is 10.5. The number of aryl methyl sites for hydroxylation is 1. The predicted octanol–water partition coefficient (Wildman–Crippen LogP) is 1.70. The number of hydrogen-bond donors (Lipinski definition) is 2. The Morgan fingerprint density at radius 2 is 2.20 bits per heavy atom. The third kappa shape index (κ3) is 1.79. The number of carboxylic acids is 1. The van der Waals surface area contributed by atoms with Gasteiger partial charge in [-0.25, -0.2) is 0 Å². The molecule has 1 aromatic heterocycles. The quantitative estimate of drug-likeness (QED) is 0.747. The maximum Gasteiger partial charge on any atom is 0.305 e. The Bertz CT molecular complexity index is 502. The number of benzene rings is 1. The van der Waals surface area contributed by atoms with E-state index in [1.807, 2.05) is 35.0 Å². The lowest BCUT2D eigenvalue weighted by atomic mass is 10.2. The minimum atomic E-state index is -0.791. The van der Waals surface area contributed by atoms with Gasteiger partial charge in [0.1, 0.15) is 0 Å². The van der Waals surface area contributed by atoms with Crippen molar-refractivity contribution < 1.29 is 9.90 Å². The van der Waals surface area contributed by atoms with E-state index >= 15 is 0 Å². The fraction of sp³-hybridized carbons (Fsp3) is 0.182. The third-order valence-electron chi connectivity index (χ3n) is 2.41. The molecule has 78 valence electrons. The molecule has 0 saturated heterocycles. The van der Waals surface area contributed by atoms with Crippen LogP contribution in [0.2, 0.25) is 0 Å². The lowest BCUT2D eigenvalue weighted by Gasteiger charge is -2.03. The van der Waals surface area contributed by atoms with Gasteiger partial charge in [-0.05, 0) is 18.2 Å². The van der Waals surface area contributed by atoms with Gasteiger partial charge in [-0.3, -0.25) is 4.79 Å². The second kappa shape index (κ2) is 3.65. The molecule has 0 unspecified atom stereocenters. The van der Waals surface area contributed by atoms with Gasteiger partial charge in [0.15, 0.2) is 0 Å². The van der Waals surface area contributed by atoms with Crippen molar-refractivity contribution in [2.75, 3.05) is 5.73 Å². The maximum absolute atomic E-state index is 10.5. The van der Waals surface area contributed by atoms with Gasteiger partial charge in [-0.15, -0.1) is 0 Å². The summed E-state index contributed by atoms with van der Waals surface area (Å²) in [5.74, 6) is -0.791. The predicted molar refractivity (Wildman–Crippen MR) is 58.6 cm³/mol. The van der Waals surface area contributed by atoms with Crippen LogP contribution in [0.1, 0.15) is 6.42 Å². The zero-order chi connectivity index (χ0) is 10.8. The van der Waals surface area contributed by atoms with E-state index in [9.17, 15) is 4.79 Å². The van der Waals surface area contributed by atoms with E-state index < -0.39 is 5.97 Å². The van der Waals surface area contributed by atoms with Gasteiger partial charge >= 0.3 is 5.97 Å². The van der Waals surface area contributed by atoms with Crippen molar-refractivity contribution in [1.82, 2.24) is 4.57 Å². The summed E-state index contributed by atoms with van der Waals surface area (Å²) in [6.45, 7) is 0.474. The van der Waals surface area contributed by atoms with Crippen molar-refractivity contribution in [2.45, 2.75) is 13.0 Å². The normalized spacial score (nSPS) is 10.7. The number of carboxylic acid groups (broad SMARTS) is 1. The van der Waals surface area contributed by atoms with Crippen LogP contribution in [-0.4, -0.2) is 15.6 Å².